The second kappa shape index (κ2) is 9.46. The van der Waals surface area contributed by atoms with E-state index in [0.29, 0.717) is 6.54 Å². The monoisotopic (exact) mass is 323 g/mol. The number of ether oxygens (including phenoxy) is 1. The highest BCUT2D eigenvalue weighted by Crippen LogP contribution is 2.13. The molecule has 0 aliphatic carbocycles. The number of likely N-dealkylation sites (N-methyl/N-ethyl adjacent to an activating group) is 1. The Hall–Kier alpha value is -1.67. The number of guanidine groups is 1. The zero-order chi connectivity index (χ0) is 16.5. The molecular formula is C15H29N7O. The topological polar surface area (TPSA) is 79.6 Å². The van der Waals surface area contributed by atoms with E-state index in [0.717, 1.165) is 63.2 Å². The van der Waals surface area contributed by atoms with Crippen molar-refractivity contribution in [1.29, 1.82) is 0 Å². The van der Waals surface area contributed by atoms with Crippen molar-refractivity contribution in [3.05, 3.63) is 11.6 Å². The van der Waals surface area contributed by atoms with Gasteiger partial charge in [-0.05, 0) is 19.9 Å². The third kappa shape index (κ3) is 5.47. The predicted octanol–water partition coefficient (Wildman–Crippen LogP) is -0.142. The molecule has 0 saturated carbocycles. The molecular weight excluding hydrogens is 294 g/mol. The number of fused-ring (bicyclic) bond motifs is 1. The lowest BCUT2D eigenvalue weighted by atomic mass is 10.4. The minimum Gasteiger partial charge on any atom is -0.385 e. The molecule has 0 atom stereocenters. The minimum atomic E-state index is 0.649. The molecule has 2 rings (SSSR count). The molecule has 1 aliphatic rings. The van der Waals surface area contributed by atoms with Crippen molar-refractivity contribution in [3.63, 3.8) is 0 Å². The van der Waals surface area contributed by atoms with Crippen molar-refractivity contribution in [2.24, 2.45) is 4.99 Å². The number of hydrogen-bond donors (Lipinski definition) is 2. The largest absolute Gasteiger partial charge is 0.385 e. The van der Waals surface area contributed by atoms with Gasteiger partial charge in [-0.15, -0.1) is 10.2 Å². The summed E-state index contributed by atoms with van der Waals surface area (Å²) in [6.45, 7) is 5.33. The van der Waals surface area contributed by atoms with Crippen molar-refractivity contribution in [2.45, 2.75) is 32.4 Å². The van der Waals surface area contributed by atoms with Crippen LogP contribution in [0.3, 0.4) is 0 Å². The Morgan fingerprint density at radius 2 is 2.22 bits per heavy atom. The van der Waals surface area contributed by atoms with Crippen molar-refractivity contribution in [2.75, 3.05) is 47.4 Å². The summed E-state index contributed by atoms with van der Waals surface area (Å²) in [6.07, 6.45) is 3.26. The van der Waals surface area contributed by atoms with E-state index in [4.69, 9.17) is 4.74 Å². The van der Waals surface area contributed by atoms with Crippen LogP contribution < -0.4 is 10.6 Å². The summed E-state index contributed by atoms with van der Waals surface area (Å²) in [5.41, 5.74) is 0. The predicted molar refractivity (Wildman–Crippen MR) is 90.5 cm³/mol. The molecule has 0 saturated heterocycles. The molecule has 8 nitrogen and oxygen atoms in total. The van der Waals surface area contributed by atoms with Gasteiger partial charge < -0.3 is 24.8 Å². The van der Waals surface area contributed by atoms with E-state index >= 15 is 0 Å². The molecule has 0 radical (unpaired) electrons. The van der Waals surface area contributed by atoms with Gasteiger partial charge in [0.25, 0.3) is 0 Å². The van der Waals surface area contributed by atoms with Crippen LogP contribution in [0, 0.1) is 0 Å². The molecule has 1 aromatic rings. The number of hydrogen-bond acceptors (Lipinski definition) is 5. The zero-order valence-corrected chi connectivity index (χ0v) is 14.5. The van der Waals surface area contributed by atoms with Gasteiger partial charge in [-0.25, -0.2) is 0 Å². The Labute approximate surface area is 138 Å². The fourth-order valence-corrected chi connectivity index (χ4v) is 2.68. The van der Waals surface area contributed by atoms with Crippen molar-refractivity contribution in [1.82, 2.24) is 30.3 Å². The summed E-state index contributed by atoms with van der Waals surface area (Å²) in [4.78, 5) is 6.53. The van der Waals surface area contributed by atoms with Gasteiger partial charge in [0.15, 0.2) is 11.8 Å². The normalized spacial score (nSPS) is 14.3. The number of aromatic nitrogens is 3. The van der Waals surface area contributed by atoms with E-state index in [2.05, 4.69) is 42.3 Å². The van der Waals surface area contributed by atoms with E-state index in [1.807, 2.05) is 0 Å². The first-order valence-electron chi connectivity index (χ1n) is 8.27. The van der Waals surface area contributed by atoms with Crippen LogP contribution in [0.25, 0.3) is 0 Å². The lowest BCUT2D eigenvalue weighted by molar-refractivity contribution is 0.180. The first kappa shape index (κ1) is 17.7. The molecule has 0 aromatic carbocycles. The number of nitrogens with one attached hydrogen (secondary N) is 2. The summed E-state index contributed by atoms with van der Waals surface area (Å²) in [7, 11) is 5.64. The minimum absolute atomic E-state index is 0.649. The van der Waals surface area contributed by atoms with Crippen LogP contribution in [0.2, 0.25) is 0 Å². The third-order valence-corrected chi connectivity index (χ3v) is 4.00. The molecule has 23 heavy (non-hydrogen) atoms. The molecule has 2 heterocycles. The molecule has 0 amide bonds. The van der Waals surface area contributed by atoms with Gasteiger partial charge in [-0.3, -0.25) is 4.99 Å². The van der Waals surface area contributed by atoms with Crippen molar-refractivity contribution >= 4 is 5.96 Å². The maximum Gasteiger partial charge on any atom is 0.191 e. The average Bonchev–Trinajstić information content (AvgIpc) is 3.15. The molecule has 0 spiro atoms. The summed E-state index contributed by atoms with van der Waals surface area (Å²) >= 11 is 0. The van der Waals surface area contributed by atoms with Crippen molar-refractivity contribution in [3.8, 4) is 0 Å². The fourth-order valence-electron chi connectivity index (χ4n) is 2.68. The smallest absolute Gasteiger partial charge is 0.191 e. The molecule has 0 fully saturated rings. The Morgan fingerprint density at radius 1 is 1.35 bits per heavy atom. The second-order valence-electron chi connectivity index (χ2n) is 5.79. The highest BCUT2D eigenvalue weighted by atomic mass is 16.5. The molecule has 0 bridgehead atoms. The third-order valence-electron chi connectivity index (χ3n) is 4.00. The lowest BCUT2D eigenvalue weighted by Crippen LogP contribution is -2.41. The summed E-state index contributed by atoms with van der Waals surface area (Å²) in [6, 6.07) is 0. The maximum absolute atomic E-state index is 5.07. The van der Waals surface area contributed by atoms with Gasteiger partial charge in [0, 0.05) is 53.4 Å². The zero-order valence-electron chi connectivity index (χ0n) is 14.5. The number of aryl methyl sites for hydroxylation is 1. The Balaban J connectivity index is 1.65. The molecule has 130 valence electrons. The molecule has 2 N–H and O–H groups in total. The maximum atomic E-state index is 5.07. The molecule has 0 unspecified atom stereocenters. The number of nitrogens with zero attached hydrogens (tertiary/aromatic N) is 5. The van der Waals surface area contributed by atoms with Gasteiger partial charge in [-0.1, -0.05) is 0 Å². The van der Waals surface area contributed by atoms with E-state index in [1.165, 1.54) is 6.42 Å². The molecule has 1 aliphatic heterocycles. The average molecular weight is 323 g/mol. The highest BCUT2D eigenvalue weighted by molar-refractivity contribution is 5.79. The second-order valence-corrected chi connectivity index (χ2v) is 5.79. The Bertz CT molecular complexity index is 500. The van der Waals surface area contributed by atoms with Gasteiger partial charge in [0.2, 0.25) is 0 Å². The molecule has 8 heteroatoms. The van der Waals surface area contributed by atoms with E-state index in [-0.39, 0.29) is 0 Å². The molecule has 1 aromatic heterocycles. The van der Waals surface area contributed by atoms with E-state index < -0.39 is 0 Å². The standard InChI is InChI=1S/C15H29N7O/c1-16-15(17-7-10-21(2)8-5-11-23-3)18-12-14-20-19-13-6-4-9-22(13)14/h4-12H2,1-3H3,(H2,16,17,18). The quantitative estimate of drug-likeness (QED) is 0.374. The Kier molecular flexibility index (Phi) is 7.28. The van der Waals surface area contributed by atoms with Gasteiger partial charge in [0.1, 0.15) is 5.82 Å². The lowest BCUT2D eigenvalue weighted by Gasteiger charge is -2.18. The number of rotatable bonds is 9. The van der Waals surface area contributed by atoms with Crippen LogP contribution in [0.1, 0.15) is 24.5 Å². The number of methoxy groups -OCH3 is 1. The Morgan fingerprint density at radius 3 is 3.00 bits per heavy atom. The van der Waals surface area contributed by atoms with Crippen LogP contribution in [-0.2, 0) is 24.2 Å². The van der Waals surface area contributed by atoms with Crippen LogP contribution >= 0.6 is 0 Å². The van der Waals surface area contributed by atoms with E-state index in [1.54, 1.807) is 14.2 Å². The van der Waals surface area contributed by atoms with Gasteiger partial charge in [-0.2, -0.15) is 0 Å². The van der Waals surface area contributed by atoms with Crippen LogP contribution in [0.4, 0.5) is 0 Å². The van der Waals surface area contributed by atoms with Gasteiger partial charge in [0.05, 0.1) is 6.54 Å². The first-order valence-corrected chi connectivity index (χ1v) is 8.27. The summed E-state index contributed by atoms with van der Waals surface area (Å²) in [5, 5.41) is 15.1. The van der Waals surface area contributed by atoms with Crippen LogP contribution in [0.15, 0.2) is 4.99 Å². The summed E-state index contributed by atoms with van der Waals surface area (Å²) < 4.78 is 7.27. The fraction of sp³-hybridized carbons (Fsp3) is 0.800. The van der Waals surface area contributed by atoms with E-state index in [9.17, 15) is 0 Å². The van der Waals surface area contributed by atoms with Crippen LogP contribution in [0.5, 0.6) is 0 Å². The highest BCUT2D eigenvalue weighted by Gasteiger charge is 2.16. The summed E-state index contributed by atoms with van der Waals surface area (Å²) in [5.74, 6) is 2.88. The first-order chi connectivity index (χ1) is 11.2. The number of aliphatic imine (C=N–C) groups is 1. The van der Waals surface area contributed by atoms with Crippen molar-refractivity contribution < 1.29 is 4.74 Å². The van der Waals surface area contributed by atoms with Gasteiger partial charge >= 0.3 is 0 Å². The van der Waals surface area contributed by atoms with Crippen LogP contribution in [-0.4, -0.2) is 73.1 Å². The SMILES string of the molecule is CN=C(NCCN(C)CCCOC)NCc1nnc2n1CCC2.